The van der Waals surface area contributed by atoms with E-state index in [2.05, 4.69) is 5.10 Å². The van der Waals surface area contributed by atoms with Crippen molar-refractivity contribution in [2.24, 2.45) is 0 Å². The molecule has 0 saturated carbocycles. The zero-order valence-corrected chi connectivity index (χ0v) is 11.6. The summed E-state index contributed by atoms with van der Waals surface area (Å²) in [7, 11) is 0. The molecule has 1 aromatic carbocycles. The Kier molecular flexibility index (Phi) is 4.12. The Morgan fingerprint density at radius 3 is 2.52 bits per heavy atom. The summed E-state index contributed by atoms with van der Waals surface area (Å²) < 4.78 is 38.9. The molecule has 21 heavy (non-hydrogen) atoms. The number of nitrogens with zero attached hydrogens (tertiary/aromatic N) is 4. The van der Waals surface area contributed by atoms with Crippen LogP contribution in [0.15, 0.2) is 29.3 Å². The molecule has 4 nitrogen and oxygen atoms in total. The predicted octanol–water partition coefficient (Wildman–Crippen LogP) is 3.99. The maximum atomic E-state index is 12.6. The number of benzene rings is 1. The van der Waals surface area contributed by atoms with Gasteiger partial charge in [-0.25, -0.2) is 4.68 Å². The third-order valence-corrected chi connectivity index (χ3v) is 3.38. The highest BCUT2D eigenvalue weighted by Gasteiger charge is 2.31. The molecule has 1 heterocycles. The Hall–Kier alpha value is -2.16. The van der Waals surface area contributed by atoms with Crippen molar-refractivity contribution >= 4 is 23.4 Å². The molecule has 0 amide bonds. The maximum Gasteiger partial charge on any atom is 0.416 e. The van der Waals surface area contributed by atoms with Gasteiger partial charge in [-0.05, 0) is 30.0 Å². The molecule has 0 bridgehead atoms. The van der Waals surface area contributed by atoms with Crippen LogP contribution in [0.3, 0.4) is 0 Å². The van der Waals surface area contributed by atoms with Crippen molar-refractivity contribution in [3.63, 3.8) is 0 Å². The summed E-state index contributed by atoms with van der Waals surface area (Å²) in [6.45, 7) is 0. The molecule has 0 aliphatic heterocycles. The number of nitriles is 2. The van der Waals surface area contributed by atoms with E-state index in [1.165, 1.54) is 10.9 Å². The molecule has 0 saturated heterocycles. The van der Waals surface area contributed by atoms with Crippen molar-refractivity contribution < 1.29 is 13.2 Å². The smallest absolute Gasteiger partial charge is 0.237 e. The lowest BCUT2D eigenvalue weighted by atomic mass is 10.2. The lowest BCUT2D eigenvalue weighted by Crippen LogP contribution is -2.06. The zero-order chi connectivity index (χ0) is 15.6. The van der Waals surface area contributed by atoms with Crippen molar-refractivity contribution in [1.82, 2.24) is 9.78 Å². The van der Waals surface area contributed by atoms with E-state index in [1.807, 2.05) is 0 Å². The van der Waals surface area contributed by atoms with Crippen molar-refractivity contribution in [2.75, 3.05) is 0 Å². The van der Waals surface area contributed by atoms with Gasteiger partial charge in [0.1, 0.15) is 11.5 Å². The zero-order valence-electron chi connectivity index (χ0n) is 10.0. The van der Waals surface area contributed by atoms with E-state index in [9.17, 15) is 13.2 Å². The third kappa shape index (κ3) is 3.13. The van der Waals surface area contributed by atoms with E-state index in [-0.39, 0.29) is 16.4 Å². The van der Waals surface area contributed by atoms with Gasteiger partial charge >= 0.3 is 6.18 Å². The average molecular weight is 329 g/mol. The first kappa shape index (κ1) is 15.2. The Morgan fingerprint density at radius 1 is 1.29 bits per heavy atom. The second-order valence-electron chi connectivity index (χ2n) is 3.76. The summed E-state index contributed by atoms with van der Waals surface area (Å²) in [6.07, 6.45) is -3.13. The summed E-state index contributed by atoms with van der Waals surface area (Å²) in [6, 6.07) is 4.60. The summed E-state index contributed by atoms with van der Waals surface area (Å²) in [5.74, 6) is 0. The highest BCUT2D eigenvalue weighted by molar-refractivity contribution is 8.03. The molecular formula is C12H4ClF3N4S. The fourth-order valence-electron chi connectivity index (χ4n) is 1.55. The number of thioether (sulfide) groups is 1. The van der Waals surface area contributed by atoms with Crippen LogP contribution in [0.1, 0.15) is 11.3 Å². The number of alkyl halides is 3. The molecule has 0 N–H and O–H groups in total. The quantitative estimate of drug-likeness (QED) is 0.617. The third-order valence-electron chi connectivity index (χ3n) is 2.46. The molecule has 0 fully saturated rings. The van der Waals surface area contributed by atoms with Crippen molar-refractivity contribution in [3.8, 4) is 17.2 Å². The van der Waals surface area contributed by atoms with E-state index in [0.29, 0.717) is 4.90 Å². The standard InChI is InChI=1S/C12H4ClF3N4S/c13-8-3-7(12(14,15)16)1-2-10(8)20-5-11(21-6-18)9(4-17)19-20/h1-3,5H. The van der Waals surface area contributed by atoms with Crippen LogP contribution < -0.4 is 0 Å². The van der Waals surface area contributed by atoms with Gasteiger partial charge in [-0.15, -0.1) is 0 Å². The van der Waals surface area contributed by atoms with Crippen LogP contribution in [0.4, 0.5) is 13.2 Å². The second-order valence-corrected chi connectivity index (χ2v) is 4.99. The van der Waals surface area contributed by atoms with E-state index in [1.54, 1.807) is 11.5 Å². The highest BCUT2D eigenvalue weighted by Crippen LogP contribution is 2.33. The SMILES string of the molecule is N#CSc1cn(-c2ccc(C(F)(F)F)cc2Cl)nc1C#N. The largest absolute Gasteiger partial charge is 0.416 e. The minimum absolute atomic E-state index is 0.00230. The van der Waals surface area contributed by atoms with Crippen LogP contribution in [0.5, 0.6) is 0 Å². The van der Waals surface area contributed by atoms with Crippen LogP contribution in [0.2, 0.25) is 5.02 Å². The lowest BCUT2D eigenvalue weighted by Gasteiger charge is -2.09. The molecule has 0 unspecified atom stereocenters. The normalized spacial score (nSPS) is 11.0. The molecule has 0 spiro atoms. The topological polar surface area (TPSA) is 65.4 Å². The Balaban J connectivity index is 2.49. The van der Waals surface area contributed by atoms with Crippen LogP contribution in [-0.4, -0.2) is 9.78 Å². The molecule has 9 heteroatoms. The summed E-state index contributed by atoms with van der Waals surface area (Å²) in [5.41, 5.74) is -0.695. The monoisotopic (exact) mass is 328 g/mol. The van der Waals surface area contributed by atoms with E-state index < -0.39 is 11.7 Å². The van der Waals surface area contributed by atoms with Gasteiger partial charge in [-0.3, -0.25) is 0 Å². The van der Waals surface area contributed by atoms with Gasteiger partial charge in [0.15, 0.2) is 5.69 Å². The second kappa shape index (κ2) is 5.68. The Labute approximate surface area is 126 Å². The van der Waals surface area contributed by atoms with Gasteiger partial charge in [-0.2, -0.15) is 28.8 Å². The molecule has 1 aromatic heterocycles. The Morgan fingerprint density at radius 2 is 2.00 bits per heavy atom. The fraction of sp³-hybridized carbons (Fsp3) is 0.0833. The molecule has 0 radical (unpaired) electrons. The van der Waals surface area contributed by atoms with Crippen molar-refractivity contribution in [1.29, 1.82) is 10.5 Å². The number of aromatic nitrogens is 2. The molecule has 0 atom stereocenters. The number of thiocyanates is 1. The number of hydrogen-bond donors (Lipinski definition) is 0. The number of rotatable bonds is 2. The van der Waals surface area contributed by atoms with E-state index >= 15 is 0 Å². The van der Waals surface area contributed by atoms with Gasteiger partial charge in [0.25, 0.3) is 0 Å². The highest BCUT2D eigenvalue weighted by atomic mass is 35.5. The van der Waals surface area contributed by atoms with Gasteiger partial charge in [0.05, 0.1) is 21.2 Å². The summed E-state index contributed by atoms with van der Waals surface area (Å²) in [5, 5.41) is 23.0. The van der Waals surface area contributed by atoms with Gasteiger partial charge in [0, 0.05) is 6.20 Å². The maximum absolute atomic E-state index is 12.6. The lowest BCUT2D eigenvalue weighted by molar-refractivity contribution is -0.137. The van der Waals surface area contributed by atoms with E-state index in [0.717, 1.165) is 30.0 Å². The molecule has 106 valence electrons. The molecular weight excluding hydrogens is 325 g/mol. The van der Waals surface area contributed by atoms with Crippen LogP contribution in [0.25, 0.3) is 5.69 Å². The minimum Gasteiger partial charge on any atom is -0.237 e. The minimum atomic E-state index is -4.49. The van der Waals surface area contributed by atoms with Crippen LogP contribution >= 0.6 is 23.4 Å². The van der Waals surface area contributed by atoms with Crippen molar-refractivity contribution in [2.45, 2.75) is 11.1 Å². The van der Waals surface area contributed by atoms with Gasteiger partial charge in [0.2, 0.25) is 0 Å². The average Bonchev–Trinajstić information content (AvgIpc) is 2.81. The number of halogens is 4. The molecule has 2 aromatic rings. The fourth-order valence-corrected chi connectivity index (χ4v) is 2.25. The molecule has 0 aliphatic rings. The van der Waals surface area contributed by atoms with Crippen LogP contribution in [-0.2, 0) is 6.18 Å². The van der Waals surface area contributed by atoms with E-state index in [4.69, 9.17) is 22.1 Å². The van der Waals surface area contributed by atoms with Gasteiger partial charge < -0.3 is 0 Å². The van der Waals surface area contributed by atoms with Crippen molar-refractivity contribution in [3.05, 3.63) is 40.7 Å². The number of hydrogen-bond acceptors (Lipinski definition) is 4. The summed E-state index contributed by atoms with van der Waals surface area (Å²) in [4.78, 5) is 0.302. The predicted molar refractivity (Wildman–Crippen MR) is 69.8 cm³/mol. The first-order chi connectivity index (χ1) is 9.86. The summed E-state index contributed by atoms with van der Waals surface area (Å²) >= 11 is 6.57. The van der Waals surface area contributed by atoms with Crippen LogP contribution in [0, 0.1) is 22.0 Å². The van der Waals surface area contributed by atoms with Gasteiger partial charge in [-0.1, -0.05) is 11.6 Å². The first-order valence-electron chi connectivity index (χ1n) is 5.29. The molecule has 2 rings (SSSR count). The first-order valence-corrected chi connectivity index (χ1v) is 6.49. The Bertz CT molecular complexity index is 770. The molecule has 0 aliphatic carbocycles.